The second kappa shape index (κ2) is 6.12. The number of amides is 1. The molecule has 4 nitrogen and oxygen atoms in total. The molecule has 78 valence electrons. The van der Waals surface area contributed by atoms with Gasteiger partial charge in [0.1, 0.15) is 0 Å². The van der Waals surface area contributed by atoms with E-state index < -0.39 is 6.04 Å². The number of aliphatic imine (C=N–C) groups is 1. The van der Waals surface area contributed by atoms with Gasteiger partial charge in [-0.3, -0.25) is 0 Å². The summed E-state index contributed by atoms with van der Waals surface area (Å²) in [6.07, 6.45) is 8.90. The van der Waals surface area contributed by atoms with E-state index in [4.69, 9.17) is 6.42 Å². The number of hydrogen-bond acceptors (Lipinski definition) is 3. The van der Waals surface area contributed by atoms with Crippen LogP contribution in [0, 0.1) is 12.3 Å². The summed E-state index contributed by atoms with van der Waals surface area (Å²) in [7, 11) is 0.587. The van der Waals surface area contributed by atoms with Crippen LogP contribution in [-0.2, 0) is 9.50 Å². The quantitative estimate of drug-likeness (QED) is 0.371. The average molecular weight is 204 g/mol. The molecule has 1 aliphatic rings. The first-order chi connectivity index (χ1) is 7.29. The molecule has 0 unspecified atom stereocenters. The standard InChI is InChI=1S/C10H13BN2O2/c1-2-6-13-7-4-3-5-9(10(13)14)12-8-11-15/h1,8-9H,3-7H2/t9-/m0/s1. The van der Waals surface area contributed by atoms with Crippen molar-refractivity contribution >= 4 is 19.2 Å². The third-order valence-electron chi connectivity index (χ3n) is 2.36. The molecule has 1 amide bonds. The number of carbonyl (C=O) groups excluding carboxylic acids is 1. The van der Waals surface area contributed by atoms with Gasteiger partial charge in [0.15, 0.2) is 0 Å². The van der Waals surface area contributed by atoms with Crippen LogP contribution in [0.2, 0.25) is 0 Å². The molecule has 1 saturated heterocycles. The molecule has 0 spiro atoms. The zero-order valence-electron chi connectivity index (χ0n) is 8.56. The monoisotopic (exact) mass is 204 g/mol. The van der Waals surface area contributed by atoms with Crippen molar-refractivity contribution in [2.45, 2.75) is 25.3 Å². The molecule has 1 rings (SSSR count). The van der Waals surface area contributed by atoms with E-state index in [1.807, 2.05) is 0 Å². The van der Waals surface area contributed by atoms with Crippen molar-refractivity contribution in [1.82, 2.24) is 4.90 Å². The van der Waals surface area contributed by atoms with Crippen molar-refractivity contribution in [2.24, 2.45) is 4.99 Å². The van der Waals surface area contributed by atoms with Crippen LogP contribution in [0.25, 0.3) is 0 Å². The van der Waals surface area contributed by atoms with Gasteiger partial charge in [-0.1, -0.05) is 0 Å². The minimum atomic E-state index is -0.425. The fraction of sp³-hybridized carbons (Fsp3) is 0.600. The zero-order chi connectivity index (χ0) is 11.1. The van der Waals surface area contributed by atoms with Gasteiger partial charge in [0.25, 0.3) is 0 Å². The molecule has 0 aromatic heterocycles. The minimum absolute atomic E-state index is 0.0662. The second-order valence-electron chi connectivity index (χ2n) is 3.41. The van der Waals surface area contributed by atoms with Crippen molar-refractivity contribution in [3.8, 4) is 12.3 Å². The predicted octanol–water partition coefficient (Wildman–Crippen LogP) is 0.0787. The summed E-state index contributed by atoms with van der Waals surface area (Å²) in [6.45, 7) is 1.02. The molecule has 0 saturated carbocycles. The molecule has 1 atom stereocenters. The van der Waals surface area contributed by atoms with Crippen LogP contribution in [0.1, 0.15) is 19.3 Å². The average Bonchev–Trinajstić information content (AvgIpc) is 2.41. The van der Waals surface area contributed by atoms with Crippen LogP contribution >= 0.6 is 0 Å². The van der Waals surface area contributed by atoms with E-state index in [-0.39, 0.29) is 5.91 Å². The maximum atomic E-state index is 11.8. The number of rotatable bonds is 3. The van der Waals surface area contributed by atoms with Crippen molar-refractivity contribution in [3.05, 3.63) is 0 Å². The van der Waals surface area contributed by atoms with Gasteiger partial charge in [-0.05, 0) is 0 Å². The Morgan fingerprint density at radius 1 is 1.67 bits per heavy atom. The molecule has 0 bridgehead atoms. The Morgan fingerprint density at radius 3 is 3.13 bits per heavy atom. The van der Waals surface area contributed by atoms with Crippen molar-refractivity contribution in [1.29, 1.82) is 0 Å². The van der Waals surface area contributed by atoms with E-state index in [0.29, 0.717) is 26.7 Å². The molecule has 1 heterocycles. The predicted molar refractivity (Wildman–Crippen MR) is 58.0 cm³/mol. The summed E-state index contributed by atoms with van der Waals surface area (Å²) >= 11 is 0. The third-order valence-corrected chi connectivity index (χ3v) is 2.36. The molecule has 0 N–H and O–H groups in total. The molecule has 0 aromatic carbocycles. The van der Waals surface area contributed by atoms with Gasteiger partial charge in [-0.15, -0.1) is 0 Å². The number of hydrogen-bond donors (Lipinski definition) is 0. The summed E-state index contributed by atoms with van der Waals surface area (Å²) in [4.78, 5) is 17.4. The van der Waals surface area contributed by atoms with Crippen LogP contribution in [-0.4, -0.2) is 43.2 Å². The Labute approximate surface area is 90.0 Å². The molecule has 0 aliphatic carbocycles. The Kier molecular flexibility index (Phi) is 4.75. The van der Waals surface area contributed by atoms with Gasteiger partial charge >= 0.3 is 89.3 Å². The summed E-state index contributed by atoms with van der Waals surface area (Å²) < 4.78 is 10.1. The van der Waals surface area contributed by atoms with E-state index in [2.05, 4.69) is 10.9 Å². The first-order valence-corrected chi connectivity index (χ1v) is 4.98. The number of terminal acetylenes is 1. The molecule has 0 aromatic rings. The van der Waals surface area contributed by atoms with Crippen LogP contribution in [0.4, 0.5) is 0 Å². The van der Waals surface area contributed by atoms with E-state index >= 15 is 0 Å². The fourth-order valence-electron chi connectivity index (χ4n) is 1.63. The van der Waals surface area contributed by atoms with Gasteiger partial charge in [-0.2, -0.15) is 0 Å². The van der Waals surface area contributed by atoms with E-state index in [1.54, 1.807) is 4.90 Å². The summed E-state index contributed by atoms with van der Waals surface area (Å²) in [5.74, 6) is 2.39. The van der Waals surface area contributed by atoms with Crippen LogP contribution in [0.3, 0.4) is 0 Å². The van der Waals surface area contributed by atoms with E-state index in [1.165, 1.54) is 0 Å². The summed E-state index contributed by atoms with van der Waals surface area (Å²) in [5.41, 5.74) is 0. The van der Waals surface area contributed by atoms with Gasteiger partial charge < -0.3 is 0 Å². The van der Waals surface area contributed by atoms with Gasteiger partial charge in [-0.25, -0.2) is 0 Å². The molecular weight excluding hydrogens is 191 g/mol. The SMILES string of the molecule is C#CCN1CCCC[C@H](N=CB=O)C1=O. The van der Waals surface area contributed by atoms with Crippen LogP contribution in [0.15, 0.2) is 4.99 Å². The molecule has 0 radical (unpaired) electrons. The molecular formula is C10H13BN2O2. The third kappa shape index (κ3) is 3.32. The number of likely N-dealkylation sites (tertiary alicyclic amines) is 1. The first-order valence-electron chi connectivity index (χ1n) is 4.98. The molecule has 1 fully saturated rings. The van der Waals surface area contributed by atoms with Crippen LogP contribution < -0.4 is 0 Å². The zero-order valence-corrected chi connectivity index (χ0v) is 8.56. The van der Waals surface area contributed by atoms with Crippen molar-refractivity contribution < 1.29 is 9.50 Å². The van der Waals surface area contributed by atoms with E-state index in [0.717, 1.165) is 19.0 Å². The summed E-state index contributed by atoms with van der Waals surface area (Å²) in [6, 6.07) is -0.425. The molecule has 5 heteroatoms. The summed E-state index contributed by atoms with van der Waals surface area (Å²) in [5, 5.41) is 0. The maximum absolute atomic E-state index is 11.8. The van der Waals surface area contributed by atoms with Crippen molar-refractivity contribution in [2.75, 3.05) is 13.1 Å². The number of carbonyl (C=O) groups is 1. The van der Waals surface area contributed by atoms with Gasteiger partial charge in [0.2, 0.25) is 0 Å². The normalized spacial score (nSPS) is 22.2. The Morgan fingerprint density at radius 2 is 2.47 bits per heavy atom. The topological polar surface area (TPSA) is 49.7 Å². The molecule has 15 heavy (non-hydrogen) atoms. The number of nitrogens with zero attached hydrogens (tertiary/aromatic N) is 2. The Bertz CT molecular complexity index is 309. The van der Waals surface area contributed by atoms with Crippen molar-refractivity contribution in [3.63, 3.8) is 0 Å². The van der Waals surface area contributed by atoms with Gasteiger partial charge in [0.05, 0.1) is 0 Å². The second-order valence-corrected chi connectivity index (χ2v) is 3.41. The van der Waals surface area contributed by atoms with Gasteiger partial charge in [0, 0.05) is 0 Å². The molecule has 1 aliphatic heterocycles. The van der Waals surface area contributed by atoms with E-state index in [9.17, 15) is 9.50 Å². The first kappa shape index (κ1) is 11.6. The fourth-order valence-corrected chi connectivity index (χ4v) is 1.63. The Hall–Kier alpha value is -1.44. The van der Waals surface area contributed by atoms with Crippen LogP contribution in [0.5, 0.6) is 0 Å². The Balaban J connectivity index is 2.70.